The molecule has 0 atom stereocenters. The number of anilines is 2. The SMILES string of the molecule is O=C1CSc2c(cccc2OCC2CCN(c3ccc(Cl)cc3F)CC2)N1. The average molecular weight is 407 g/mol. The number of halogens is 2. The van der Waals surface area contributed by atoms with Gasteiger partial charge >= 0.3 is 0 Å². The van der Waals surface area contributed by atoms with Crippen molar-refractivity contribution in [2.45, 2.75) is 17.7 Å². The first-order valence-electron chi connectivity index (χ1n) is 8.98. The lowest BCUT2D eigenvalue weighted by molar-refractivity contribution is -0.113. The highest BCUT2D eigenvalue weighted by Crippen LogP contribution is 2.39. The number of nitrogens with one attached hydrogen (secondary N) is 1. The number of benzene rings is 2. The molecule has 0 bridgehead atoms. The van der Waals surface area contributed by atoms with Gasteiger partial charge in [0.05, 0.1) is 28.6 Å². The van der Waals surface area contributed by atoms with Crippen molar-refractivity contribution in [2.75, 3.05) is 35.7 Å². The van der Waals surface area contributed by atoms with Crippen molar-refractivity contribution < 1.29 is 13.9 Å². The van der Waals surface area contributed by atoms with Crippen LogP contribution in [0.2, 0.25) is 5.02 Å². The Labute approximate surface area is 167 Å². The maximum absolute atomic E-state index is 14.1. The van der Waals surface area contributed by atoms with Gasteiger partial charge in [0.25, 0.3) is 0 Å². The molecule has 0 unspecified atom stereocenters. The molecule has 1 fully saturated rings. The third-order valence-electron chi connectivity index (χ3n) is 4.94. The quantitative estimate of drug-likeness (QED) is 0.790. The monoisotopic (exact) mass is 406 g/mol. The van der Waals surface area contributed by atoms with Crippen LogP contribution in [0.5, 0.6) is 5.75 Å². The molecular formula is C20H20ClFN2O2S. The highest BCUT2D eigenvalue weighted by atomic mass is 35.5. The van der Waals surface area contributed by atoms with Crippen molar-refractivity contribution in [2.24, 2.45) is 5.92 Å². The highest BCUT2D eigenvalue weighted by Gasteiger charge is 2.23. The summed E-state index contributed by atoms with van der Waals surface area (Å²) in [6.45, 7) is 2.22. The molecule has 2 aromatic rings. The Kier molecular flexibility index (Phi) is 5.45. The van der Waals surface area contributed by atoms with Crippen molar-refractivity contribution in [1.82, 2.24) is 0 Å². The summed E-state index contributed by atoms with van der Waals surface area (Å²) in [5, 5.41) is 3.30. The summed E-state index contributed by atoms with van der Waals surface area (Å²) in [6.07, 6.45) is 1.89. The van der Waals surface area contributed by atoms with Crippen LogP contribution in [0.3, 0.4) is 0 Å². The van der Waals surface area contributed by atoms with Gasteiger partial charge in [0.1, 0.15) is 11.6 Å². The van der Waals surface area contributed by atoms with Crippen molar-refractivity contribution in [1.29, 1.82) is 0 Å². The van der Waals surface area contributed by atoms with Gasteiger partial charge in [0.2, 0.25) is 5.91 Å². The molecule has 2 aliphatic heterocycles. The summed E-state index contributed by atoms with van der Waals surface area (Å²) in [4.78, 5) is 14.6. The number of amides is 1. The van der Waals surface area contributed by atoms with Gasteiger partial charge in [-0.25, -0.2) is 4.39 Å². The molecule has 27 heavy (non-hydrogen) atoms. The van der Waals surface area contributed by atoms with Crippen molar-refractivity contribution in [3.8, 4) is 5.75 Å². The number of ether oxygens (including phenoxy) is 1. The Bertz CT molecular complexity index is 856. The largest absolute Gasteiger partial charge is 0.492 e. The predicted octanol–water partition coefficient (Wildman–Crippen LogP) is 4.82. The van der Waals surface area contributed by atoms with E-state index in [9.17, 15) is 9.18 Å². The summed E-state index contributed by atoms with van der Waals surface area (Å²) >= 11 is 7.35. The van der Waals surface area contributed by atoms with Crippen molar-refractivity contribution >= 4 is 40.6 Å². The summed E-state index contributed by atoms with van der Waals surface area (Å²) < 4.78 is 20.2. The van der Waals surface area contributed by atoms with Gasteiger partial charge in [-0.1, -0.05) is 17.7 Å². The van der Waals surface area contributed by atoms with E-state index in [1.807, 2.05) is 18.2 Å². The van der Waals surface area contributed by atoms with Crippen molar-refractivity contribution in [3.05, 3.63) is 47.2 Å². The second-order valence-electron chi connectivity index (χ2n) is 6.81. The second kappa shape index (κ2) is 7.98. The van der Waals surface area contributed by atoms with E-state index in [4.69, 9.17) is 16.3 Å². The summed E-state index contributed by atoms with van der Waals surface area (Å²) in [5.41, 5.74) is 1.44. The molecule has 0 radical (unpaired) electrons. The molecular weight excluding hydrogens is 387 g/mol. The van der Waals surface area contributed by atoms with E-state index < -0.39 is 0 Å². The maximum Gasteiger partial charge on any atom is 0.234 e. The Balaban J connectivity index is 1.34. The molecule has 0 saturated carbocycles. The lowest BCUT2D eigenvalue weighted by Crippen LogP contribution is -2.36. The molecule has 4 nitrogen and oxygen atoms in total. The van der Waals surface area contributed by atoms with Crippen LogP contribution in [0.1, 0.15) is 12.8 Å². The zero-order chi connectivity index (χ0) is 18.8. The Morgan fingerprint density at radius 3 is 2.85 bits per heavy atom. The molecule has 142 valence electrons. The molecule has 1 amide bonds. The third kappa shape index (κ3) is 4.17. The fraction of sp³-hybridized carbons (Fsp3) is 0.350. The fourth-order valence-electron chi connectivity index (χ4n) is 3.49. The van der Waals surface area contributed by atoms with E-state index in [0.717, 1.165) is 42.3 Å². The van der Waals surface area contributed by atoms with E-state index in [1.165, 1.54) is 17.8 Å². The minimum absolute atomic E-state index is 0.0199. The average Bonchev–Trinajstić information content (AvgIpc) is 2.66. The molecule has 1 saturated heterocycles. The molecule has 0 aromatic heterocycles. The number of nitrogens with zero attached hydrogens (tertiary/aromatic N) is 1. The number of thioether (sulfide) groups is 1. The van der Waals surface area contributed by atoms with E-state index in [1.54, 1.807) is 12.1 Å². The first-order valence-corrected chi connectivity index (χ1v) is 10.3. The van der Waals surface area contributed by atoms with Gasteiger partial charge < -0.3 is 15.0 Å². The van der Waals surface area contributed by atoms with E-state index in [-0.39, 0.29) is 11.7 Å². The molecule has 2 heterocycles. The van der Waals surface area contributed by atoms with Gasteiger partial charge in [-0.15, -0.1) is 11.8 Å². The predicted molar refractivity (Wildman–Crippen MR) is 108 cm³/mol. The van der Waals surface area contributed by atoms with Crippen LogP contribution in [0.4, 0.5) is 15.8 Å². The standard InChI is InChI=1S/C20H20ClFN2O2S/c21-14-4-5-17(15(22)10-14)24-8-6-13(7-9-24)11-26-18-3-1-2-16-20(18)27-12-19(25)23-16/h1-5,10,13H,6-9,11-12H2,(H,23,25). The molecule has 0 aliphatic carbocycles. The minimum Gasteiger partial charge on any atom is -0.492 e. The maximum atomic E-state index is 14.1. The van der Waals surface area contributed by atoms with Gasteiger partial charge in [-0.2, -0.15) is 0 Å². The number of fused-ring (bicyclic) bond motifs is 1. The van der Waals surface area contributed by atoms with Crippen molar-refractivity contribution in [3.63, 3.8) is 0 Å². The van der Waals surface area contributed by atoms with Crippen LogP contribution in [0.25, 0.3) is 0 Å². The lowest BCUT2D eigenvalue weighted by atomic mass is 9.97. The van der Waals surface area contributed by atoms with Gasteiger partial charge in [-0.05, 0) is 49.1 Å². The summed E-state index contributed by atoms with van der Waals surface area (Å²) in [7, 11) is 0. The molecule has 4 rings (SSSR count). The number of carbonyl (C=O) groups is 1. The van der Waals surface area contributed by atoms with Crippen LogP contribution in [0, 0.1) is 11.7 Å². The third-order valence-corrected chi connectivity index (χ3v) is 6.29. The Morgan fingerprint density at radius 1 is 1.26 bits per heavy atom. The normalized spacial score (nSPS) is 17.4. The highest BCUT2D eigenvalue weighted by molar-refractivity contribution is 8.00. The van der Waals surface area contributed by atoms with Gasteiger partial charge in [0.15, 0.2) is 0 Å². The van der Waals surface area contributed by atoms with Crippen LogP contribution in [-0.2, 0) is 4.79 Å². The topological polar surface area (TPSA) is 41.6 Å². The Morgan fingerprint density at radius 2 is 2.07 bits per heavy atom. The van der Waals surface area contributed by atoms with Crippen LogP contribution < -0.4 is 15.0 Å². The number of piperidine rings is 1. The first-order chi connectivity index (χ1) is 13.1. The van der Waals surface area contributed by atoms with Gasteiger partial charge in [-0.3, -0.25) is 4.79 Å². The molecule has 2 aliphatic rings. The number of rotatable bonds is 4. The first kappa shape index (κ1) is 18.4. The van der Waals surface area contributed by atoms with Crippen LogP contribution in [-0.4, -0.2) is 31.4 Å². The number of hydrogen-bond donors (Lipinski definition) is 1. The second-order valence-corrected chi connectivity index (χ2v) is 8.23. The lowest BCUT2D eigenvalue weighted by Gasteiger charge is -2.34. The molecule has 7 heteroatoms. The smallest absolute Gasteiger partial charge is 0.234 e. The number of carbonyl (C=O) groups excluding carboxylic acids is 1. The van der Waals surface area contributed by atoms with E-state index in [0.29, 0.717) is 29.0 Å². The van der Waals surface area contributed by atoms with E-state index >= 15 is 0 Å². The molecule has 0 spiro atoms. The Hall–Kier alpha value is -1.92. The zero-order valence-corrected chi connectivity index (χ0v) is 16.3. The summed E-state index contributed by atoms with van der Waals surface area (Å²) in [5.74, 6) is 1.41. The van der Waals surface area contributed by atoms with Crippen LogP contribution >= 0.6 is 23.4 Å². The molecule has 2 aromatic carbocycles. The van der Waals surface area contributed by atoms with Crippen LogP contribution in [0.15, 0.2) is 41.3 Å². The summed E-state index contributed by atoms with van der Waals surface area (Å²) in [6, 6.07) is 10.6. The van der Waals surface area contributed by atoms with E-state index in [2.05, 4.69) is 10.2 Å². The zero-order valence-electron chi connectivity index (χ0n) is 14.7. The van der Waals surface area contributed by atoms with Gasteiger partial charge in [0, 0.05) is 18.1 Å². The fourth-order valence-corrected chi connectivity index (χ4v) is 4.54. The minimum atomic E-state index is -0.271. The number of hydrogen-bond acceptors (Lipinski definition) is 4. The molecule has 1 N–H and O–H groups in total.